The number of aliphatic imine (C=N–C) groups is 1. The fraction of sp³-hybridized carbons (Fsp3) is 0.0185. The molecule has 2 aromatic heterocycles. The van der Waals surface area contributed by atoms with Gasteiger partial charge in [0.25, 0.3) is 0 Å². The van der Waals surface area contributed by atoms with Crippen molar-refractivity contribution in [3.63, 3.8) is 0 Å². The predicted molar refractivity (Wildman–Crippen MR) is 243 cm³/mol. The smallest absolute Gasteiger partial charge is 0.101 e. The minimum absolute atomic E-state index is 0.818. The lowest BCUT2D eigenvalue weighted by molar-refractivity contribution is 0.918. The van der Waals surface area contributed by atoms with Crippen LogP contribution in [-0.4, -0.2) is 20.5 Å². The Bertz CT molecular complexity index is 3160. The van der Waals surface area contributed by atoms with Gasteiger partial charge >= 0.3 is 0 Å². The molecule has 0 spiro atoms. The number of fused-ring (bicyclic) bond motifs is 4. The van der Waals surface area contributed by atoms with E-state index in [1.165, 1.54) is 16.5 Å². The molecule has 10 aromatic rings. The molecular formula is C54H38N4. The van der Waals surface area contributed by atoms with E-state index >= 15 is 0 Å². The molecule has 0 aliphatic carbocycles. The number of rotatable bonds is 8. The van der Waals surface area contributed by atoms with Crippen molar-refractivity contribution in [1.29, 1.82) is 0 Å². The van der Waals surface area contributed by atoms with Gasteiger partial charge in [0.2, 0.25) is 0 Å². The van der Waals surface area contributed by atoms with Gasteiger partial charge in [-0.2, -0.15) is 5.10 Å². The summed E-state index contributed by atoms with van der Waals surface area (Å²) in [6.45, 7) is 6.15. The Morgan fingerprint density at radius 2 is 1.22 bits per heavy atom. The number of aryl methyl sites for hydroxylation is 1. The summed E-state index contributed by atoms with van der Waals surface area (Å²) in [4.78, 5) is 10.3. The molecular weight excluding hydrogens is 705 g/mol. The molecule has 58 heavy (non-hydrogen) atoms. The molecule has 274 valence electrons. The lowest BCUT2D eigenvalue weighted by Gasteiger charge is -2.12. The van der Waals surface area contributed by atoms with Crippen LogP contribution in [-0.2, 0) is 0 Å². The number of allylic oxidation sites excluding steroid dienone is 1. The molecule has 0 saturated carbocycles. The van der Waals surface area contributed by atoms with E-state index in [2.05, 4.69) is 194 Å². The maximum atomic E-state index is 5.39. The zero-order valence-corrected chi connectivity index (χ0v) is 32.0. The first kappa shape index (κ1) is 34.8. The Hall–Kier alpha value is -7.69. The Balaban J connectivity index is 1.06. The molecule has 0 aliphatic rings. The van der Waals surface area contributed by atoms with Gasteiger partial charge in [-0.25, -0.2) is 14.7 Å². The summed E-state index contributed by atoms with van der Waals surface area (Å²) in [6, 6.07) is 68.1. The van der Waals surface area contributed by atoms with Gasteiger partial charge in [0, 0.05) is 32.8 Å². The van der Waals surface area contributed by atoms with E-state index in [1.807, 2.05) is 24.3 Å². The van der Waals surface area contributed by atoms with Gasteiger partial charge in [-0.05, 0) is 76.5 Å². The first-order chi connectivity index (χ1) is 28.6. The van der Waals surface area contributed by atoms with Crippen molar-refractivity contribution in [3.8, 4) is 50.5 Å². The number of hydrogen-bond donors (Lipinski definition) is 0. The molecule has 0 fully saturated rings. The van der Waals surface area contributed by atoms with E-state index in [-0.39, 0.29) is 0 Å². The monoisotopic (exact) mass is 742 g/mol. The maximum absolute atomic E-state index is 5.39. The highest BCUT2D eigenvalue weighted by Gasteiger charge is 2.21. The minimum Gasteiger partial charge on any atom is -0.246 e. The summed E-state index contributed by atoms with van der Waals surface area (Å²) < 4.78 is 2.13. The number of aromatic nitrogens is 3. The average Bonchev–Trinajstić information content (AvgIpc) is 3.70. The van der Waals surface area contributed by atoms with Crippen LogP contribution in [0.3, 0.4) is 0 Å². The molecule has 0 bridgehead atoms. The van der Waals surface area contributed by atoms with Gasteiger partial charge in [-0.15, -0.1) is 0 Å². The van der Waals surface area contributed by atoms with Crippen molar-refractivity contribution in [1.82, 2.24) is 14.8 Å². The molecule has 8 aromatic carbocycles. The molecule has 0 amide bonds. The molecule has 0 unspecified atom stereocenters. The number of hydrogen-bond acceptors (Lipinski definition) is 3. The molecule has 0 saturated heterocycles. The summed E-state index contributed by atoms with van der Waals surface area (Å²) in [5.74, 6) is 0. The molecule has 0 atom stereocenters. The number of benzene rings is 8. The van der Waals surface area contributed by atoms with Crippen LogP contribution >= 0.6 is 0 Å². The number of pyridine rings is 1. The third kappa shape index (κ3) is 6.27. The first-order valence-electron chi connectivity index (χ1n) is 19.6. The van der Waals surface area contributed by atoms with Crippen molar-refractivity contribution < 1.29 is 0 Å². The topological polar surface area (TPSA) is 43.1 Å². The fourth-order valence-electron chi connectivity index (χ4n) is 8.01. The Morgan fingerprint density at radius 3 is 1.98 bits per heavy atom. The average molecular weight is 743 g/mol. The molecule has 0 radical (unpaired) electrons. The Labute approximate surface area is 337 Å². The lowest BCUT2D eigenvalue weighted by Crippen LogP contribution is -1.97. The molecule has 4 nitrogen and oxygen atoms in total. The van der Waals surface area contributed by atoms with Gasteiger partial charge in [0.1, 0.15) is 5.69 Å². The fourth-order valence-corrected chi connectivity index (χ4v) is 8.01. The predicted octanol–water partition coefficient (Wildman–Crippen LogP) is 14.0. The highest BCUT2D eigenvalue weighted by molar-refractivity contribution is 6.17. The Kier molecular flexibility index (Phi) is 8.85. The summed E-state index contributed by atoms with van der Waals surface area (Å²) in [5.41, 5.74) is 15.2. The standard InChI is InChI=1S/C54H38N4/c1-3-48(39-18-9-5-10-19-39)55-51-36(2)26-27-41-30-33-49(56-53(41)51)44-24-15-23-42(34-44)37-28-31-45(32-29-37)58-54-46-25-14-13-22-43(46)35-47(38-16-7-4-8-17-38)50(54)52(57-58)40-20-11-6-12-21-40/h3-35H,1H2,2H3/b55-48+. The molecule has 10 rings (SSSR count). The van der Waals surface area contributed by atoms with Gasteiger partial charge in [0.05, 0.1) is 33.8 Å². The summed E-state index contributed by atoms with van der Waals surface area (Å²) >= 11 is 0. The van der Waals surface area contributed by atoms with Crippen LogP contribution in [0.1, 0.15) is 11.1 Å². The van der Waals surface area contributed by atoms with Crippen LogP contribution in [0.4, 0.5) is 5.69 Å². The zero-order chi connectivity index (χ0) is 39.0. The number of nitrogens with zero attached hydrogens (tertiary/aromatic N) is 4. The second-order valence-electron chi connectivity index (χ2n) is 14.6. The van der Waals surface area contributed by atoms with E-state index in [1.54, 1.807) is 0 Å². The SMILES string of the molecule is C=C/C(=N\c1c(C)ccc2ccc(-c3cccc(-c4ccc(-n5nc(-c6ccccc6)c6c(-c7ccccc7)cc7ccccc7c65)cc4)c3)nc12)c1ccccc1. The van der Waals surface area contributed by atoms with Crippen molar-refractivity contribution in [2.45, 2.75) is 6.92 Å². The van der Waals surface area contributed by atoms with E-state index in [0.717, 1.165) is 89.0 Å². The quantitative estimate of drug-likeness (QED) is 0.146. The Morgan fingerprint density at radius 1 is 0.569 bits per heavy atom. The third-order valence-corrected chi connectivity index (χ3v) is 10.9. The van der Waals surface area contributed by atoms with Crippen molar-refractivity contribution in [2.75, 3.05) is 0 Å². The second-order valence-corrected chi connectivity index (χ2v) is 14.6. The van der Waals surface area contributed by atoms with Crippen LogP contribution in [0.15, 0.2) is 212 Å². The largest absolute Gasteiger partial charge is 0.246 e. The van der Waals surface area contributed by atoms with Crippen LogP contribution in [0.5, 0.6) is 0 Å². The minimum atomic E-state index is 0.818. The van der Waals surface area contributed by atoms with Crippen molar-refractivity contribution in [2.24, 2.45) is 4.99 Å². The first-order valence-corrected chi connectivity index (χ1v) is 19.6. The van der Waals surface area contributed by atoms with Crippen molar-refractivity contribution in [3.05, 3.63) is 218 Å². The van der Waals surface area contributed by atoms with E-state index in [4.69, 9.17) is 15.1 Å². The van der Waals surface area contributed by atoms with Gasteiger partial charge in [0.15, 0.2) is 0 Å². The van der Waals surface area contributed by atoms with Gasteiger partial charge in [-0.1, -0.05) is 170 Å². The summed E-state index contributed by atoms with van der Waals surface area (Å²) in [7, 11) is 0. The van der Waals surface area contributed by atoms with Crippen LogP contribution in [0, 0.1) is 6.92 Å². The lowest BCUT2D eigenvalue weighted by atomic mass is 9.94. The van der Waals surface area contributed by atoms with E-state index in [9.17, 15) is 0 Å². The van der Waals surface area contributed by atoms with Crippen LogP contribution in [0.25, 0.3) is 83.0 Å². The normalized spacial score (nSPS) is 11.7. The highest BCUT2D eigenvalue weighted by atomic mass is 15.3. The highest BCUT2D eigenvalue weighted by Crippen LogP contribution is 2.42. The van der Waals surface area contributed by atoms with Crippen molar-refractivity contribution >= 4 is 44.0 Å². The second kappa shape index (κ2) is 14.8. The molecule has 4 heteroatoms. The van der Waals surface area contributed by atoms with Crippen LogP contribution < -0.4 is 0 Å². The zero-order valence-electron chi connectivity index (χ0n) is 32.0. The van der Waals surface area contributed by atoms with Gasteiger partial charge < -0.3 is 0 Å². The van der Waals surface area contributed by atoms with E-state index < -0.39 is 0 Å². The van der Waals surface area contributed by atoms with E-state index in [0.29, 0.717) is 0 Å². The molecule has 2 heterocycles. The third-order valence-electron chi connectivity index (χ3n) is 10.9. The summed E-state index contributed by atoms with van der Waals surface area (Å²) in [6.07, 6.45) is 1.81. The van der Waals surface area contributed by atoms with Crippen LogP contribution in [0.2, 0.25) is 0 Å². The summed E-state index contributed by atoms with van der Waals surface area (Å²) in [5, 5.41) is 9.92. The van der Waals surface area contributed by atoms with Gasteiger partial charge in [-0.3, -0.25) is 0 Å². The molecule has 0 N–H and O–H groups in total. The maximum Gasteiger partial charge on any atom is 0.101 e. The molecule has 0 aliphatic heterocycles.